The van der Waals surface area contributed by atoms with Crippen LogP contribution in [0.5, 0.6) is 0 Å². The minimum absolute atomic E-state index is 0.187. The number of rotatable bonds is 2. The van der Waals surface area contributed by atoms with E-state index in [0.717, 1.165) is 6.54 Å². The lowest BCUT2D eigenvalue weighted by Crippen LogP contribution is -2.17. The first kappa shape index (κ1) is 14.9. The molecule has 1 heteroatoms. The van der Waals surface area contributed by atoms with Gasteiger partial charge in [-0.1, -0.05) is 59.7 Å². The zero-order valence-electron chi connectivity index (χ0n) is 13.7. The molecule has 2 rings (SSSR count). The third kappa shape index (κ3) is 3.53. The van der Waals surface area contributed by atoms with Crippen molar-refractivity contribution in [3.8, 4) is 0 Å². The molecule has 0 aliphatic rings. The molecule has 0 N–H and O–H groups in total. The predicted molar refractivity (Wildman–Crippen MR) is 87.4 cm³/mol. The lowest BCUT2D eigenvalue weighted by atomic mass is 9.79. The number of aromatic nitrogens is 1. The smallest absolute Gasteiger partial charge is 0.0470 e. The van der Waals surface area contributed by atoms with Crippen LogP contribution in [0.25, 0.3) is 0 Å². The van der Waals surface area contributed by atoms with Crippen molar-refractivity contribution in [3.05, 3.63) is 59.4 Å². The molecular weight excluding hydrogens is 242 g/mol. The normalized spacial score (nSPS) is 12.7. The number of hydrogen-bond acceptors (Lipinski definition) is 0. The highest BCUT2D eigenvalue weighted by molar-refractivity contribution is 5.37. The summed E-state index contributed by atoms with van der Waals surface area (Å²) in [5.41, 5.74) is 4.61. The Kier molecular flexibility index (Phi) is 3.82. The summed E-state index contributed by atoms with van der Waals surface area (Å²) < 4.78 is 2.23. The number of nitrogens with zero attached hydrogens (tertiary/aromatic N) is 1. The van der Waals surface area contributed by atoms with E-state index >= 15 is 0 Å². The molecule has 0 aliphatic heterocycles. The second kappa shape index (κ2) is 5.12. The van der Waals surface area contributed by atoms with Gasteiger partial charge in [0, 0.05) is 18.9 Å². The molecule has 0 saturated carbocycles. The van der Waals surface area contributed by atoms with Crippen LogP contribution >= 0.6 is 0 Å². The Hall–Kier alpha value is -1.50. The van der Waals surface area contributed by atoms with Crippen LogP contribution in [0.4, 0.5) is 0 Å². The van der Waals surface area contributed by atoms with E-state index in [0.29, 0.717) is 0 Å². The van der Waals surface area contributed by atoms with Crippen molar-refractivity contribution in [2.24, 2.45) is 0 Å². The van der Waals surface area contributed by atoms with Gasteiger partial charge in [0.25, 0.3) is 0 Å². The summed E-state index contributed by atoms with van der Waals surface area (Å²) >= 11 is 0. The molecule has 0 saturated heterocycles. The lowest BCUT2D eigenvalue weighted by Gasteiger charge is -2.26. The van der Waals surface area contributed by atoms with E-state index in [1.165, 1.54) is 16.7 Å². The largest absolute Gasteiger partial charge is 0.350 e. The van der Waals surface area contributed by atoms with Gasteiger partial charge >= 0.3 is 0 Å². The number of benzene rings is 1. The average molecular weight is 269 g/mol. The molecule has 0 unspecified atom stereocenters. The van der Waals surface area contributed by atoms with Gasteiger partial charge in [0.1, 0.15) is 0 Å². The Morgan fingerprint density at radius 2 is 1.20 bits per heavy atom. The summed E-state index contributed by atoms with van der Waals surface area (Å²) in [5.74, 6) is 0. The average Bonchev–Trinajstić information content (AvgIpc) is 2.79. The molecule has 0 aliphatic carbocycles. The van der Waals surface area contributed by atoms with E-state index in [1.807, 2.05) is 0 Å². The molecule has 1 aromatic heterocycles. The molecule has 0 fully saturated rings. The maximum Gasteiger partial charge on any atom is 0.0470 e. The maximum absolute atomic E-state index is 2.37. The van der Waals surface area contributed by atoms with Gasteiger partial charge in [-0.05, 0) is 39.7 Å². The van der Waals surface area contributed by atoms with Crippen molar-refractivity contribution in [1.82, 2.24) is 4.57 Å². The van der Waals surface area contributed by atoms with Gasteiger partial charge in [-0.25, -0.2) is 0 Å². The quantitative estimate of drug-likeness (QED) is 0.712. The van der Waals surface area contributed by atoms with Crippen molar-refractivity contribution in [3.63, 3.8) is 0 Å². The van der Waals surface area contributed by atoms with Crippen molar-refractivity contribution >= 4 is 0 Å². The van der Waals surface area contributed by atoms with Crippen molar-refractivity contribution in [1.29, 1.82) is 0 Å². The molecule has 2 aromatic rings. The van der Waals surface area contributed by atoms with Crippen LogP contribution < -0.4 is 0 Å². The summed E-state index contributed by atoms with van der Waals surface area (Å²) in [4.78, 5) is 0. The van der Waals surface area contributed by atoms with Crippen LogP contribution in [-0.2, 0) is 17.4 Å². The van der Waals surface area contributed by atoms with Gasteiger partial charge < -0.3 is 4.57 Å². The Bertz CT molecular complexity index is 531. The predicted octanol–water partition coefficient (Wildman–Crippen LogP) is 5.13. The van der Waals surface area contributed by atoms with E-state index in [9.17, 15) is 0 Å². The zero-order valence-corrected chi connectivity index (χ0v) is 13.7. The molecule has 1 heterocycles. The van der Waals surface area contributed by atoms with E-state index in [4.69, 9.17) is 0 Å². The molecule has 108 valence electrons. The molecule has 0 spiro atoms. The third-order valence-electron chi connectivity index (χ3n) is 3.76. The van der Waals surface area contributed by atoms with Gasteiger partial charge in [0.2, 0.25) is 0 Å². The molecule has 0 bridgehead atoms. The highest BCUT2D eigenvalue weighted by Crippen LogP contribution is 2.30. The minimum atomic E-state index is 0.187. The second-order valence-electron chi connectivity index (χ2n) is 7.77. The Balaban J connectivity index is 2.46. The standard InChI is InChI=1S/C19H27N/c1-18(2,3)16-11-15(14-20-9-7-8-10-20)12-17(13-16)19(4,5)6/h7-13H,14H2,1-6H3. The van der Waals surface area contributed by atoms with E-state index in [2.05, 4.69) is 88.8 Å². The van der Waals surface area contributed by atoms with Crippen LogP contribution in [0.1, 0.15) is 58.2 Å². The van der Waals surface area contributed by atoms with E-state index in [-0.39, 0.29) is 10.8 Å². The third-order valence-corrected chi connectivity index (χ3v) is 3.76. The fourth-order valence-corrected chi connectivity index (χ4v) is 2.34. The summed E-state index contributed by atoms with van der Waals surface area (Å²) in [5, 5.41) is 0. The molecule has 0 radical (unpaired) electrons. The van der Waals surface area contributed by atoms with Crippen molar-refractivity contribution in [2.75, 3.05) is 0 Å². The fourth-order valence-electron chi connectivity index (χ4n) is 2.34. The van der Waals surface area contributed by atoms with Crippen LogP contribution in [0.3, 0.4) is 0 Å². The fraction of sp³-hybridized carbons (Fsp3) is 0.474. The summed E-state index contributed by atoms with van der Waals surface area (Å²) in [7, 11) is 0. The van der Waals surface area contributed by atoms with Crippen LogP contribution in [-0.4, -0.2) is 4.57 Å². The van der Waals surface area contributed by atoms with Crippen LogP contribution in [0.15, 0.2) is 42.7 Å². The Morgan fingerprint density at radius 3 is 1.60 bits per heavy atom. The summed E-state index contributed by atoms with van der Waals surface area (Å²) in [6.45, 7) is 14.7. The van der Waals surface area contributed by atoms with Crippen molar-refractivity contribution < 1.29 is 0 Å². The SMILES string of the molecule is CC(C)(C)c1cc(Cn2cccc2)cc(C(C)(C)C)c1. The highest BCUT2D eigenvalue weighted by atomic mass is 14.9. The molecule has 0 amide bonds. The highest BCUT2D eigenvalue weighted by Gasteiger charge is 2.20. The first-order chi connectivity index (χ1) is 9.16. The minimum Gasteiger partial charge on any atom is -0.350 e. The van der Waals surface area contributed by atoms with Gasteiger partial charge in [-0.3, -0.25) is 0 Å². The molecule has 1 aromatic carbocycles. The monoisotopic (exact) mass is 269 g/mol. The second-order valence-corrected chi connectivity index (χ2v) is 7.77. The molecule has 0 atom stereocenters. The topological polar surface area (TPSA) is 4.93 Å². The van der Waals surface area contributed by atoms with Gasteiger partial charge in [0.05, 0.1) is 0 Å². The molecule has 1 nitrogen and oxygen atoms in total. The van der Waals surface area contributed by atoms with Crippen LogP contribution in [0.2, 0.25) is 0 Å². The summed E-state index contributed by atoms with van der Waals surface area (Å²) in [6, 6.07) is 11.3. The van der Waals surface area contributed by atoms with E-state index in [1.54, 1.807) is 0 Å². The Labute approximate surface area is 123 Å². The number of hydrogen-bond donors (Lipinski definition) is 0. The molecular formula is C19H27N. The van der Waals surface area contributed by atoms with Gasteiger partial charge in [0.15, 0.2) is 0 Å². The van der Waals surface area contributed by atoms with Crippen molar-refractivity contribution in [2.45, 2.75) is 58.9 Å². The lowest BCUT2D eigenvalue weighted by molar-refractivity contribution is 0.566. The summed E-state index contributed by atoms with van der Waals surface area (Å²) in [6.07, 6.45) is 4.25. The first-order valence-corrected chi connectivity index (χ1v) is 7.42. The first-order valence-electron chi connectivity index (χ1n) is 7.42. The van der Waals surface area contributed by atoms with Crippen LogP contribution in [0, 0.1) is 0 Å². The molecule has 20 heavy (non-hydrogen) atoms. The zero-order chi connectivity index (χ0) is 15.0. The Morgan fingerprint density at radius 1 is 0.750 bits per heavy atom. The van der Waals surface area contributed by atoms with Gasteiger partial charge in [-0.2, -0.15) is 0 Å². The maximum atomic E-state index is 2.37. The van der Waals surface area contributed by atoms with Gasteiger partial charge in [-0.15, -0.1) is 0 Å². The van der Waals surface area contributed by atoms with E-state index < -0.39 is 0 Å².